The minimum absolute atomic E-state index is 0.0692. The molecule has 2 amide bonds. The number of carbonyl (C=O) groups is 2. The van der Waals surface area contributed by atoms with Gasteiger partial charge >= 0.3 is 0 Å². The first-order valence-corrected chi connectivity index (χ1v) is 15.1. The summed E-state index contributed by atoms with van der Waals surface area (Å²) in [5, 5.41) is 3.15. The number of amides is 2. The Morgan fingerprint density at radius 2 is 1.62 bits per heavy atom. The standard InChI is InChI=1S/C30H36ClN3O4S/c1-22-11-8-9-14-25(22)21-33(28(30(36)32-3)19-24-12-6-5-7-13-24)29(35)15-10-18-34(39(4,37)38)27-20-26(31)17-16-23(27)2/h5-9,11-14,16-17,20,28H,10,15,18-19,21H2,1-4H3,(H,32,36)/t28-/m1/s1. The zero-order valence-corrected chi connectivity index (χ0v) is 24.4. The minimum Gasteiger partial charge on any atom is -0.357 e. The number of nitrogens with zero attached hydrogens (tertiary/aromatic N) is 2. The molecule has 0 fully saturated rings. The van der Waals surface area contributed by atoms with E-state index >= 15 is 0 Å². The maximum atomic E-state index is 13.8. The molecule has 3 aromatic rings. The molecule has 0 aliphatic carbocycles. The van der Waals surface area contributed by atoms with Crippen molar-refractivity contribution in [1.82, 2.24) is 10.2 Å². The van der Waals surface area contributed by atoms with Crippen molar-refractivity contribution in [2.24, 2.45) is 0 Å². The molecule has 1 atom stereocenters. The van der Waals surface area contributed by atoms with Crippen molar-refractivity contribution in [3.8, 4) is 0 Å². The number of hydrogen-bond donors (Lipinski definition) is 1. The highest BCUT2D eigenvalue weighted by molar-refractivity contribution is 7.92. The van der Waals surface area contributed by atoms with Gasteiger partial charge in [0.15, 0.2) is 0 Å². The fraction of sp³-hybridized carbons (Fsp3) is 0.333. The Kier molecular flexibility index (Phi) is 10.5. The molecule has 1 N–H and O–H groups in total. The Hall–Kier alpha value is -3.36. The zero-order valence-electron chi connectivity index (χ0n) is 22.9. The summed E-state index contributed by atoms with van der Waals surface area (Å²) in [5.41, 5.74) is 4.15. The van der Waals surface area contributed by atoms with Gasteiger partial charge in [-0.2, -0.15) is 0 Å². The van der Waals surface area contributed by atoms with E-state index in [1.165, 1.54) is 4.31 Å². The van der Waals surface area contributed by atoms with Crippen LogP contribution in [0.5, 0.6) is 0 Å². The second-order valence-corrected chi connectivity index (χ2v) is 12.0. The van der Waals surface area contributed by atoms with E-state index in [9.17, 15) is 18.0 Å². The average Bonchev–Trinajstić information content (AvgIpc) is 2.90. The summed E-state index contributed by atoms with van der Waals surface area (Å²) in [6.45, 7) is 4.16. The number of nitrogens with one attached hydrogen (secondary N) is 1. The molecule has 0 bridgehead atoms. The van der Waals surface area contributed by atoms with Crippen LogP contribution in [0.15, 0.2) is 72.8 Å². The van der Waals surface area contributed by atoms with Crippen molar-refractivity contribution < 1.29 is 18.0 Å². The second kappa shape index (κ2) is 13.6. The molecule has 3 aromatic carbocycles. The maximum absolute atomic E-state index is 13.8. The summed E-state index contributed by atoms with van der Waals surface area (Å²) in [4.78, 5) is 28.5. The molecular weight excluding hydrogens is 534 g/mol. The Bertz CT molecular complexity index is 1400. The lowest BCUT2D eigenvalue weighted by Crippen LogP contribution is -2.50. The molecule has 0 saturated heterocycles. The number of hydrogen-bond acceptors (Lipinski definition) is 4. The van der Waals surface area contributed by atoms with E-state index in [4.69, 9.17) is 11.6 Å². The number of carbonyl (C=O) groups excluding carboxylic acids is 2. The van der Waals surface area contributed by atoms with Crippen LogP contribution in [-0.4, -0.2) is 51.0 Å². The SMILES string of the molecule is CNC(=O)[C@@H](Cc1ccccc1)N(Cc1ccccc1C)C(=O)CCCN(c1cc(Cl)ccc1C)S(C)(=O)=O. The van der Waals surface area contributed by atoms with Gasteiger partial charge in [0.1, 0.15) is 6.04 Å². The van der Waals surface area contributed by atoms with Gasteiger partial charge in [0.2, 0.25) is 21.8 Å². The van der Waals surface area contributed by atoms with E-state index in [0.717, 1.165) is 28.5 Å². The van der Waals surface area contributed by atoms with E-state index in [1.807, 2.05) is 68.4 Å². The summed E-state index contributed by atoms with van der Waals surface area (Å²) < 4.78 is 26.6. The summed E-state index contributed by atoms with van der Waals surface area (Å²) in [7, 11) is -2.05. The Morgan fingerprint density at radius 1 is 0.949 bits per heavy atom. The first-order valence-electron chi connectivity index (χ1n) is 12.8. The van der Waals surface area contributed by atoms with Gasteiger partial charge in [0, 0.05) is 38.0 Å². The van der Waals surface area contributed by atoms with Gasteiger partial charge in [0.25, 0.3) is 0 Å². The number of sulfonamides is 1. The quantitative estimate of drug-likeness (QED) is 0.336. The molecule has 3 rings (SSSR count). The zero-order chi connectivity index (χ0) is 28.6. The fourth-order valence-corrected chi connectivity index (χ4v) is 5.71. The summed E-state index contributed by atoms with van der Waals surface area (Å²) in [5.74, 6) is -0.479. The highest BCUT2D eigenvalue weighted by Crippen LogP contribution is 2.27. The smallest absolute Gasteiger partial charge is 0.242 e. The van der Waals surface area contributed by atoms with Crippen LogP contribution in [0.4, 0.5) is 5.69 Å². The molecule has 0 radical (unpaired) electrons. The lowest BCUT2D eigenvalue weighted by Gasteiger charge is -2.32. The lowest BCUT2D eigenvalue weighted by molar-refractivity contribution is -0.141. The molecule has 9 heteroatoms. The first-order chi connectivity index (χ1) is 18.5. The number of rotatable bonds is 12. The fourth-order valence-electron chi connectivity index (χ4n) is 4.53. The minimum atomic E-state index is -3.62. The molecule has 7 nitrogen and oxygen atoms in total. The molecule has 208 valence electrons. The van der Waals surface area contributed by atoms with Crippen molar-refractivity contribution in [3.05, 3.63) is 100 Å². The van der Waals surface area contributed by atoms with Crippen LogP contribution in [0.1, 0.15) is 35.1 Å². The van der Waals surface area contributed by atoms with Crippen LogP contribution in [0.25, 0.3) is 0 Å². The van der Waals surface area contributed by atoms with Crippen molar-refractivity contribution in [3.63, 3.8) is 0 Å². The largest absolute Gasteiger partial charge is 0.357 e. The Morgan fingerprint density at radius 3 is 2.26 bits per heavy atom. The normalized spacial score (nSPS) is 12.0. The number of benzene rings is 3. The number of aryl methyl sites for hydroxylation is 2. The number of halogens is 1. The van der Waals surface area contributed by atoms with Crippen LogP contribution >= 0.6 is 11.6 Å². The van der Waals surface area contributed by atoms with Crippen LogP contribution in [0.2, 0.25) is 5.02 Å². The molecule has 0 heterocycles. The third-order valence-corrected chi connectivity index (χ3v) is 8.13. The van der Waals surface area contributed by atoms with Crippen molar-refractivity contribution in [2.75, 3.05) is 24.2 Å². The molecule has 0 unspecified atom stereocenters. The average molecular weight is 570 g/mol. The third-order valence-electron chi connectivity index (χ3n) is 6.71. The van der Waals surface area contributed by atoms with Gasteiger partial charge in [0.05, 0.1) is 11.9 Å². The van der Waals surface area contributed by atoms with Crippen LogP contribution in [-0.2, 0) is 32.6 Å². The highest BCUT2D eigenvalue weighted by Gasteiger charge is 2.30. The summed E-state index contributed by atoms with van der Waals surface area (Å²) in [6.07, 6.45) is 1.84. The van der Waals surface area contributed by atoms with E-state index in [1.54, 1.807) is 30.1 Å². The molecule has 0 spiro atoms. The summed E-state index contributed by atoms with van der Waals surface area (Å²) >= 11 is 6.15. The maximum Gasteiger partial charge on any atom is 0.242 e. The van der Waals surface area contributed by atoms with Gasteiger partial charge in [-0.1, -0.05) is 72.3 Å². The topological polar surface area (TPSA) is 86.8 Å². The molecule has 0 aromatic heterocycles. The van der Waals surface area contributed by atoms with Crippen LogP contribution < -0.4 is 9.62 Å². The molecule has 0 aliphatic rings. The van der Waals surface area contributed by atoms with Gasteiger partial charge < -0.3 is 10.2 Å². The van der Waals surface area contributed by atoms with Crippen LogP contribution in [0.3, 0.4) is 0 Å². The highest BCUT2D eigenvalue weighted by atomic mass is 35.5. The number of anilines is 1. The van der Waals surface area contributed by atoms with Gasteiger partial charge in [-0.15, -0.1) is 0 Å². The second-order valence-electron chi connectivity index (χ2n) is 9.64. The van der Waals surface area contributed by atoms with Gasteiger partial charge in [-0.3, -0.25) is 13.9 Å². The Labute approximate surface area is 236 Å². The Balaban J connectivity index is 1.87. The van der Waals surface area contributed by atoms with E-state index in [-0.39, 0.29) is 37.7 Å². The van der Waals surface area contributed by atoms with Gasteiger partial charge in [-0.05, 0) is 54.7 Å². The molecular formula is C30H36ClN3O4S. The van der Waals surface area contributed by atoms with E-state index in [0.29, 0.717) is 17.1 Å². The van der Waals surface area contributed by atoms with Crippen molar-refractivity contribution in [1.29, 1.82) is 0 Å². The van der Waals surface area contributed by atoms with Crippen molar-refractivity contribution >= 4 is 39.1 Å². The first kappa shape index (κ1) is 30.2. The predicted molar refractivity (Wildman–Crippen MR) is 157 cm³/mol. The lowest BCUT2D eigenvalue weighted by atomic mass is 10.0. The monoisotopic (exact) mass is 569 g/mol. The van der Waals surface area contributed by atoms with Crippen LogP contribution in [0, 0.1) is 13.8 Å². The van der Waals surface area contributed by atoms with Crippen molar-refractivity contribution in [2.45, 2.75) is 45.7 Å². The van der Waals surface area contributed by atoms with E-state index < -0.39 is 16.1 Å². The van der Waals surface area contributed by atoms with Gasteiger partial charge in [-0.25, -0.2) is 8.42 Å². The van der Waals surface area contributed by atoms with E-state index in [2.05, 4.69) is 5.32 Å². The number of likely N-dealkylation sites (N-methyl/N-ethyl adjacent to an activating group) is 1. The molecule has 0 saturated carbocycles. The predicted octanol–water partition coefficient (Wildman–Crippen LogP) is 4.89. The molecule has 39 heavy (non-hydrogen) atoms. The summed E-state index contributed by atoms with van der Waals surface area (Å²) in [6, 6.07) is 21.7. The third kappa shape index (κ3) is 8.31. The molecule has 0 aliphatic heterocycles.